The van der Waals surface area contributed by atoms with Gasteiger partial charge in [-0.25, -0.2) is 4.39 Å². The second-order valence-corrected chi connectivity index (χ2v) is 5.27. The van der Waals surface area contributed by atoms with Crippen LogP contribution in [0.15, 0.2) is 53.1 Å². The smallest absolute Gasteiger partial charge is 0.258 e. The van der Waals surface area contributed by atoms with Crippen molar-refractivity contribution in [3.8, 4) is 0 Å². The number of H-pyrrole nitrogens is 1. The molecule has 2 N–H and O–H groups in total. The SMILES string of the molecule is O=C(Nc1ccc2[nH]ccc2c1)c1ccc(Br)cc1F. The highest BCUT2D eigenvalue weighted by Gasteiger charge is 2.12. The monoisotopic (exact) mass is 332 g/mol. The molecule has 0 spiro atoms. The molecule has 1 amide bonds. The van der Waals surface area contributed by atoms with Gasteiger partial charge in [0.2, 0.25) is 0 Å². The molecule has 3 nitrogen and oxygen atoms in total. The van der Waals surface area contributed by atoms with E-state index in [4.69, 9.17) is 0 Å². The number of hydrogen-bond donors (Lipinski definition) is 2. The standard InChI is InChI=1S/C15H10BrFN2O/c16-10-1-3-12(13(17)8-10)15(20)19-11-2-4-14-9(7-11)5-6-18-14/h1-8,18H,(H,19,20). The van der Waals surface area contributed by atoms with Crippen LogP contribution in [0.1, 0.15) is 10.4 Å². The summed E-state index contributed by atoms with van der Waals surface area (Å²) in [6.07, 6.45) is 1.82. The molecule has 2 aromatic carbocycles. The number of aromatic amines is 1. The third kappa shape index (κ3) is 2.44. The fraction of sp³-hybridized carbons (Fsp3) is 0. The third-order valence-corrected chi connectivity index (χ3v) is 3.48. The van der Waals surface area contributed by atoms with Crippen LogP contribution in [-0.2, 0) is 0 Å². The van der Waals surface area contributed by atoms with Crippen LogP contribution in [0.25, 0.3) is 10.9 Å². The number of carbonyl (C=O) groups excluding carboxylic acids is 1. The summed E-state index contributed by atoms with van der Waals surface area (Å²) in [5, 5.41) is 3.68. The molecule has 0 fully saturated rings. The molecule has 0 radical (unpaired) electrons. The fourth-order valence-corrected chi connectivity index (χ4v) is 2.34. The van der Waals surface area contributed by atoms with Gasteiger partial charge in [-0.1, -0.05) is 15.9 Å². The van der Waals surface area contributed by atoms with Crippen molar-refractivity contribution in [2.75, 3.05) is 5.32 Å². The lowest BCUT2D eigenvalue weighted by Crippen LogP contribution is -2.13. The van der Waals surface area contributed by atoms with Crippen LogP contribution in [-0.4, -0.2) is 10.9 Å². The predicted molar refractivity (Wildman–Crippen MR) is 80.4 cm³/mol. The summed E-state index contributed by atoms with van der Waals surface area (Å²) >= 11 is 3.16. The Hall–Kier alpha value is -2.14. The van der Waals surface area contributed by atoms with Gasteiger partial charge in [-0.05, 0) is 42.5 Å². The first-order valence-electron chi connectivity index (χ1n) is 5.97. The summed E-state index contributed by atoms with van der Waals surface area (Å²) in [7, 11) is 0. The molecule has 20 heavy (non-hydrogen) atoms. The highest BCUT2D eigenvalue weighted by Crippen LogP contribution is 2.20. The molecule has 0 aliphatic rings. The number of rotatable bonds is 2. The molecule has 0 aliphatic carbocycles. The number of halogens is 2. The number of nitrogens with one attached hydrogen (secondary N) is 2. The summed E-state index contributed by atoms with van der Waals surface area (Å²) in [6, 6.07) is 11.7. The van der Waals surface area contributed by atoms with Crippen molar-refractivity contribution >= 4 is 38.4 Å². The summed E-state index contributed by atoms with van der Waals surface area (Å²) in [6.45, 7) is 0. The van der Waals surface area contributed by atoms with Crippen LogP contribution < -0.4 is 5.32 Å². The van der Waals surface area contributed by atoms with E-state index >= 15 is 0 Å². The van der Waals surface area contributed by atoms with Gasteiger partial charge in [0.15, 0.2) is 0 Å². The van der Waals surface area contributed by atoms with Crippen molar-refractivity contribution < 1.29 is 9.18 Å². The van der Waals surface area contributed by atoms with Gasteiger partial charge in [0, 0.05) is 27.3 Å². The number of carbonyl (C=O) groups is 1. The number of hydrogen-bond acceptors (Lipinski definition) is 1. The van der Waals surface area contributed by atoms with Crippen LogP contribution in [0.3, 0.4) is 0 Å². The summed E-state index contributed by atoms with van der Waals surface area (Å²) in [5.74, 6) is -1.02. The zero-order valence-electron chi connectivity index (χ0n) is 10.3. The maximum atomic E-state index is 13.7. The number of anilines is 1. The minimum absolute atomic E-state index is 0.0161. The first-order valence-corrected chi connectivity index (χ1v) is 6.76. The average Bonchev–Trinajstić information content (AvgIpc) is 2.85. The predicted octanol–water partition coefficient (Wildman–Crippen LogP) is 4.32. The fourth-order valence-electron chi connectivity index (χ4n) is 2.00. The zero-order valence-corrected chi connectivity index (χ0v) is 11.9. The molecule has 0 aliphatic heterocycles. The van der Waals surface area contributed by atoms with Gasteiger partial charge in [-0.2, -0.15) is 0 Å². The van der Waals surface area contributed by atoms with Gasteiger partial charge in [-0.15, -0.1) is 0 Å². The Morgan fingerprint density at radius 1 is 1.15 bits per heavy atom. The highest BCUT2D eigenvalue weighted by molar-refractivity contribution is 9.10. The van der Waals surface area contributed by atoms with Gasteiger partial charge in [0.25, 0.3) is 5.91 Å². The molecule has 3 rings (SSSR count). The second-order valence-electron chi connectivity index (χ2n) is 4.36. The lowest BCUT2D eigenvalue weighted by atomic mass is 10.2. The lowest BCUT2D eigenvalue weighted by Gasteiger charge is -2.06. The molecule has 3 aromatic rings. The van der Waals surface area contributed by atoms with Crippen LogP contribution in [0.5, 0.6) is 0 Å². The van der Waals surface area contributed by atoms with Gasteiger partial charge in [0.1, 0.15) is 5.82 Å². The largest absolute Gasteiger partial charge is 0.361 e. The van der Waals surface area contributed by atoms with Crippen LogP contribution in [0, 0.1) is 5.82 Å². The quantitative estimate of drug-likeness (QED) is 0.721. The Labute approximate surface area is 122 Å². The highest BCUT2D eigenvalue weighted by atomic mass is 79.9. The van der Waals surface area contributed by atoms with Crippen molar-refractivity contribution in [1.29, 1.82) is 0 Å². The zero-order chi connectivity index (χ0) is 14.1. The Bertz CT molecular complexity index is 797. The molecule has 1 aromatic heterocycles. The van der Waals surface area contributed by atoms with E-state index in [9.17, 15) is 9.18 Å². The van der Waals surface area contributed by atoms with E-state index in [2.05, 4.69) is 26.2 Å². The van der Waals surface area contributed by atoms with E-state index in [1.165, 1.54) is 12.1 Å². The van der Waals surface area contributed by atoms with Gasteiger partial charge < -0.3 is 10.3 Å². The molecule has 0 bridgehead atoms. The van der Waals surface area contributed by atoms with E-state index in [1.807, 2.05) is 24.4 Å². The summed E-state index contributed by atoms with van der Waals surface area (Å²) in [4.78, 5) is 15.1. The van der Waals surface area contributed by atoms with E-state index in [-0.39, 0.29) is 5.56 Å². The summed E-state index contributed by atoms with van der Waals surface area (Å²) < 4.78 is 14.3. The lowest BCUT2D eigenvalue weighted by molar-refractivity contribution is 0.102. The van der Waals surface area contributed by atoms with Crippen molar-refractivity contribution in [2.45, 2.75) is 0 Å². The summed E-state index contributed by atoms with van der Waals surface area (Å²) in [5.41, 5.74) is 1.63. The molecule has 0 unspecified atom stereocenters. The van der Waals surface area contributed by atoms with Gasteiger partial charge in [0.05, 0.1) is 5.56 Å². The molecule has 0 saturated carbocycles. The second kappa shape index (κ2) is 5.09. The Morgan fingerprint density at radius 2 is 2.00 bits per heavy atom. The molecule has 0 atom stereocenters. The molecular formula is C15H10BrFN2O. The van der Waals surface area contributed by atoms with Crippen molar-refractivity contribution in [3.05, 3.63) is 64.5 Å². The number of fused-ring (bicyclic) bond motifs is 1. The van der Waals surface area contributed by atoms with Gasteiger partial charge in [-0.3, -0.25) is 4.79 Å². The van der Waals surface area contributed by atoms with Crippen LogP contribution in [0.2, 0.25) is 0 Å². The normalized spacial score (nSPS) is 10.7. The maximum absolute atomic E-state index is 13.7. The van der Waals surface area contributed by atoms with E-state index in [0.29, 0.717) is 10.2 Å². The number of benzene rings is 2. The van der Waals surface area contributed by atoms with Crippen LogP contribution in [0.4, 0.5) is 10.1 Å². The average molecular weight is 333 g/mol. The Morgan fingerprint density at radius 3 is 2.80 bits per heavy atom. The van der Waals surface area contributed by atoms with Crippen molar-refractivity contribution in [2.24, 2.45) is 0 Å². The van der Waals surface area contributed by atoms with E-state index in [0.717, 1.165) is 10.9 Å². The van der Waals surface area contributed by atoms with Crippen molar-refractivity contribution in [3.63, 3.8) is 0 Å². The number of aromatic nitrogens is 1. The molecule has 5 heteroatoms. The minimum atomic E-state index is -0.556. The molecule has 100 valence electrons. The third-order valence-electron chi connectivity index (χ3n) is 2.99. The Balaban J connectivity index is 1.87. The van der Waals surface area contributed by atoms with E-state index < -0.39 is 11.7 Å². The first kappa shape index (κ1) is 12.9. The van der Waals surface area contributed by atoms with Crippen molar-refractivity contribution in [1.82, 2.24) is 4.98 Å². The molecule has 1 heterocycles. The van der Waals surface area contributed by atoms with E-state index in [1.54, 1.807) is 12.1 Å². The number of amides is 1. The minimum Gasteiger partial charge on any atom is -0.361 e. The van der Waals surface area contributed by atoms with Gasteiger partial charge >= 0.3 is 0 Å². The molecular weight excluding hydrogens is 323 g/mol. The Kier molecular flexibility index (Phi) is 3.28. The van der Waals surface area contributed by atoms with Crippen LogP contribution >= 0.6 is 15.9 Å². The topological polar surface area (TPSA) is 44.9 Å². The molecule has 0 saturated heterocycles. The first-order chi connectivity index (χ1) is 9.63. The maximum Gasteiger partial charge on any atom is 0.258 e.